The van der Waals surface area contributed by atoms with Crippen LogP contribution in [0.2, 0.25) is 0 Å². The van der Waals surface area contributed by atoms with E-state index in [1.807, 2.05) is 4.90 Å². The number of hydrogen-bond acceptors (Lipinski definition) is 4. The minimum atomic E-state index is -0.326. The van der Waals surface area contributed by atoms with Crippen molar-refractivity contribution in [3.05, 3.63) is 22.4 Å². The highest BCUT2D eigenvalue weighted by Gasteiger charge is 2.27. The number of hydrogen-bond donors (Lipinski definition) is 1. The Balaban J connectivity index is 1.71. The van der Waals surface area contributed by atoms with Gasteiger partial charge in [0, 0.05) is 39.1 Å². The van der Waals surface area contributed by atoms with Crippen LogP contribution in [0.3, 0.4) is 0 Å². The van der Waals surface area contributed by atoms with E-state index in [9.17, 15) is 9.90 Å². The average molecular weight is 324 g/mol. The summed E-state index contributed by atoms with van der Waals surface area (Å²) in [7, 11) is 0. The third-order valence-electron chi connectivity index (χ3n) is 4.36. The van der Waals surface area contributed by atoms with Crippen LogP contribution >= 0.6 is 11.3 Å². The highest BCUT2D eigenvalue weighted by Crippen LogP contribution is 2.20. The molecule has 0 saturated carbocycles. The first-order valence-electron chi connectivity index (χ1n) is 8.05. The number of thiophene rings is 1. The van der Waals surface area contributed by atoms with Gasteiger partial charge in [-0.1, -0.05) is 20.8 Å². The Morgan fingerprint density at radius 1 is 1.32 bits per heavy atom. The molecule has 124 valence electrons. The van der Waals surface area contributed by atoms with Crippen molar-refractivity contribution in [3.8, 4) is 0 Å². The topological polar surface area (TPSA) is 43.8 Å². The fraction of sp³-hybridized carbons (Fsp3) is 0.706. The van der Waals surface area contributed by atoms with Gasteiger partial charge in [-0.3, -0.25) is 9.69 Å². The zero-order chi connectivity index (χ0) is 16.2. The number of nitrogens with zero attached hydrogens (tertiary/aromatic N) is 2. The maximum Gasteiger partial charge on any atom is 0.222 e. The fourth-order valence-corrected chi connectivity index (χ4v) is 3.25. The summed E-state index contributed by atoms with van der Waals surface area (Å²) in [6.07, 6.45) is 1.11. The maximum absolute atomic E-state index is 12.2. The minimum Gasteiger partial charge on any atom is -0.391 e. The number of aliphatic hydroxyl groups excluding tert-OH is 1. The van der Waals surface area contributed by atoms with Crippen molar-refractivity contribution in [1.82, 2.24) is 9.80 Å². The van der Waals surface area contributed by atoms with Crippen molar-refractivity contribution in [3.63, 3.8) is 0 Å². The minimum absolute atomic E-state index is 0.0898. The van der Waals surface area contributed by atoms with Crippen LogP contribution in [0, 0.1) is 5.41 Å². The number of aryl methyl sites for hydroxylation is 1. The monoisotopic (exact) mass is 324 g/mol. The highest BCUT2D eigenvalue weighted by atomic mass is 32.1. The summed E-state index contributed by atoms with van der Waals surface area (Å²) in [6.45, 7) is 10.1. The quantitative estimate of drug-likeness (QED) is 0.903. The highest BCUT2D eigenvalue weighted by molar-refractivity contribution is 7.07. The van der Waals surface area contributed by atoms with Gasteiger partial charge in [-0.05, 0) is 34.2 Å². The normalized spacial score (nSPS) is 18.5. The first-order valence-corrected chi connectivity index (χ1v) is 9.00. The molecule has 2 heterocycles. The number of aliphatic hydroxyl groups is 1. The smallest absolute Gasteiger partial charge is 0.222 e. The van der Waals surface area contributed by atoms with E-state index in [2.05, 4.69) is 42.5 Å². The second-order valence-electron chi connectivity index (χ2n) is 7.19. The summed E-state index contributed by atoms with van der Waals surface area (Å²) in [5, 5.41) is 14.3. The van der Waals surface area contributed by atoms with E-state index in [1.165, 1.54) is 5.56 Å². The summed E-state index contributed by atoms with van der Waals surface area (Å²) in [5.41, 5.74) is 1.17. The molecule has 1 N–H and O–H groups in total. The van der Waals surface area contributed by atoms with Crippen molar-refractivity contribution in [2.45, 2.75) is 39.7 Å². The first kappa shape index (κ1) is 17.4. The van der Waals surface area contributed by atoms with Gasteiger partial charge in [0.25, 0.3) is 0 Å². The van der Waals surface area contributed by atoms with E-state index in [1.54, 1.807) is 11.3 Å². The molecular formula is C17H28N2O2S. The Morgan fingerprint density at radius 3 is 2.55 bits per heavy atom. The Kier molecular flexibility index (Phi) is 6.01. The average Bonchev–Trinajstić information content (AvgIpc) is 2.98. The van der Waals surface area contributed by atoms with Gasteiger partial charge in [0.15, 0.2) is 0 Å². The molecule has 1 atom stereocenters. The molecule has 22 heavy (non-hydrogen) atoms. The molecule has 1 aromatic heterocycles. The lowest BCUT2D eigenvalue weighted by molar-refractivity contribution is -0.133. The number of rotatable bonds is 5. The van der Waals surface area contributed by atoms with Crippen LogP contribution in [-0.2, 0) is 11.2 Å². The molecule has 0 aromatic carbocycles. The largest absolute Gasteiger partial charge is 0.391 e. The van der Waals surface area contributed by atoms with Crippen molar-refractivity contribution in [2.75, 3.05) is 32.7 Å². The summed E-state index contributed by atoms with van der Waals surface area (Å²) >= 11 is 1.68. The molecule has 1 aliphatic rings. The third-order valence-corrected chi connectivity index (χ3v) is 5.10. The van der Waals surface area contributed by atoms with Gasteiger partial charge >= 0.3 is 0 Å². The Morgan fingerprint density at radius 2 is 2.00 bits per heavy atom. The summed E-state index contributed by atoms with van der Waals surface area (Å²) in [4.78, 5) is 16.5. The standard InChI is InChI=1S/C17H28N2O2S/c1-17(2,3)15(20)12-18-7-9-19(10-8-18)16(21)5-4-14-6-11-22-13-14/h6,11,13,15,20H,4-5,7-10,12H2,1-3H3/t15-/m0/s1. The molecule has 2 rings (SSSR count). The van der Waals surface area contributed by atoms with Crippen LogP contribution in [0.25, 0.3) is 0 Å². The van der Waals surface area contributed by atoms with Gasteiger partial charge in [-0.2, -0.15) is 11.3 Å². The zero-order valence-electron chi connectivity index (χ0n) is 13.9. The first-order chi connectivity index (χ1) is 10.4. The number of carbonyl (C=O) groups excluding carboxylic acids is 1. The second-order valence-corrected chi connectivity index (χ2v) is 7.97. The van der Waals surface area contributed by atoms with E-state index in [4.69, 9.17) is 0 Å². The summed E-state index contributed by atoms with van der Waals surface area (Å²) in [5.74, 6) is 0.252. The second kappa shape index (κ2) is 7.57. The van der Waals surface area contributed by atoms with Crippen molar-refractivity contribution in [1.29, 1.82) is 0 Å². The molecule has 0 bridgehead atoms. The Hall–Kier alpha value is -0.910. The number of piperazine rings is 1. The lowest BCUT2D eigenvalue weighted by atomic mass is 9.89. The van der Waals surface area contributed by atoms with E-state index in [0.717, 1.165) is 32.6 Å². The molecule has 0 spiro atoms. The predicted molar refractivity (Wildman–Crippen MR) is 91.1 cm³/mol. The molecule has 4 nitrogen and oxygen atoms in total. The zero-order valence-corrected chi connectivity index (χ0v) is 14.7. The van der Waals surface area contributed by atoms with Crippen LogP contribution in [0.5, 0.6) is 0 Å². The van der Waals surface area contributed by atoms with Gasteiger partial charge < -0.3 is 10.0 Å². The molecule has 1 aromatic rings. The van der Waals surface area contributed by atoms with Gasteiger partial charge in [0.2, 0.25) is 5.91 Å². The lowest BCUT2D eigenvalue weighted by Crippen LogP contribution is -2.51. The Labute approximate surface area is 137 Å². The van der Waals surface area contributed by atoms with Crippen molar-refractivity contribution >= 4 is 17.2 Å². The fourth-order valence-electron chi connectivity index (χ4n) is 2.54. The molecule has 5 heteroatoms. The van der Waals surface area contributed by atoms with Gasteiger partial charge in [-0.15, -0.1) is 0 Å². The molecule has 1 aliphatic heterocycles. The van der Waals surface area contributed by atoms with Crippen LogP contribution < -0.4 is 0 Å². The van der Waals surface area contributed by atoms with Gasteiger partial charge in [0.05, 0.1) is 6.10 Å². The van der Waals surface area contributed by atoms with E-state index >= 15 is 0 Å². The third kappa shape index (κ3) is 5.07. The molecule has 1 fully saturated rings. The summed E-state index contributed by atoms with van der Waals surface area (Å²) in [6, 6.07) is 2.09. The lowest BCUT2D eigenvalue weighted by Gasteiger charge is -2.38. The molecule has 0 unspecified atom stereocenters. The number of β-amino-alcohol motifs (C(OH)–C–C–N with tert-alkyl or cyclic N) is 1. The van der Waals surface area contributed by atoms with Crippen molar-refractivity contribution < 1.29 is 9.90 Å². The van der Waals surface area contributed by atoms with Gasteiger partial charge in [-0.25, -0.2) is 0 Å². The van der Waals surface area contributed by atoms with Crippen LogP contribution in [0.15, 0.2) is 16.8 Å². The van der Waals surface area contributed by atoms with Crippen LogP contribution in [-0.4, -0.2) is 59.6 Å². The molecular weight excluding hydrogens is 296 g/mol. The van der Waals surface area contributed by atoms with Gasteiger partial charge in [0.1, 0.15) is 0 Å². The van der Waals surface area contributed by atoms with E-state index in [-0.39, 0.29) is 17.4 Å². The SMILES string of the molecule is CC(C)(C)[C@@H](O)CN1CCN(C(=O)CCc2ccsc2)CC1. The Bertz CT molecular complexity index is 460. The molecule has 0 radical (unpaired) electrons. The molecule has 0 aliphatic carbocycles. The van der Waals surface area contributed by atoms with E-state index < -0.39 is 0 Å². The predicted octanol–water partition coefficient (Wildman–Crippen LogP) is 2.23. The van der Waals surface area contributed by atoms with E-state index in [0.29, 0.717) is 13.0 Å². The van der Waals surface area contributed by atoms with Crippen molar-refractivity contribution in [2.24, 2.45) is 5.41 Å². The molecule has 1 saturated heterocycles. The van der Waals surface area contributed by atoms with Crippen LogP contribution in [0.1, 0.15) is 32.8 Å². The van der Waals surface area contributed by atoms with Crippen LogP contribution in [0.4, 0.5) is 0 Å². The maximum atomic E-state index is 12.2. The summed E-state index contributed by atoms with van der Waals surface area (Å²) < 4.78 is 0. The molecule has 1 amide bonds. The number of amides is 1. The number of carbonyl (C=O) groups is 1.